The van der Waals surface area contributed by atoms with Gasteiger partial charge in [0.2, 0.25) is 0 Å². The summed E-state index contributed by atoms with van der Waals surface area (Å²) >= 11 is 0. The molecule has 2 rings (SSSR count). The van der Waals surface area contributed by atoms with E-state index in [0.29, 0.717) is 0 Å². The molecule has 0 saturated heterocycles. The summed E-state index contributed by atoms with van der Waals surface area (Å²) in [6, 6.07) is 19.1. The van der Waals surface area contributed by atoms with Crippen LogP contribution in [0.4, 0.5) is 5.69 Å². The second-order valence-electron chi connectivity index (χ2n) is 4.11. The molecule has 0 bridgehead atoms. The molecule has 86 valence electrons. The monoisotopic (exact) mass is 223 g/mol. The van der Waals surface area contributed by atoms with Crippen molar-refractivity contribution in [3.05, 3.63) is 67.3 Å². The SMILES string of the molecule is C=CC(C)Nc1ccc(-c2ccccc2)cc1. The molecule has 0 aromatic heterocycles. The Balaban J connectivity index is 2.16. The summed E-state index contributed by atoms with van der Waals surface area (Å²) in [4.78, 5) is 0. The Morgan fingerprint density at radius 3 is 2.12 bits per heavy atom. The first-order valence-corrected chi connectivity index (χ1v) is 5.84. The van der Waals surface area contributed by atoms with E-state index in [1.54, 1.807) is 0 Å². The molecule has 0 aliphatic heterocycles. The van der Waals surface area contributed by atoms with Crippen LogP contribution >= 0.6 is 0 Å². The van der Waals surface area contributed by atoms with Crippen LogP contribution in [0.1, 0.15) is 6.92 Å². The van der Waals surface area contributed by atoms with Crippen LogP contribution in [0.15, 0.2) is 67.3 Å². The molecule has 0 radical (unpaired) electrons. The van der Waals surface area contributed by atoms with E-state index in [4.69, 9.17) is 0 Å². The molecular formula is C16H17N. The Labute approximate surface area is 103 Å². The van der Waals surface area contributed by atoms with E-state index in [-0.39, 0.29) is 6.04 Å². The van der Waals surface area contributed by atoms with Crippen molar-refractivity contribution >= 4 is 5.69 Å². The molecule has 0 spiro atoms. The van der Waals surface area contributed by atoms with Crippen LogP contribution in [0.25, 0.3) is 11.1 Å². The Kier molecular flexibility index (Phi) is 3.61. The summed E-state index contributed by atoms with van der Waals surface area (Å²) in [7, 11) is 0. The minimum Gasteiger partial charge on any atom is -0.379 e. The lowest BCUT2D eigenvalue weighted by Crippen LogP contribution is -2.10. The maximum absolute atomic E-state index is 3.76. The Hall–Kier alpha value is -2.02. The zero-order valence-corrected chi connectivity index (χ0v) is 10.1. The van der Waals surface area contributed by atoms with Gasteiger partial charge in [-0.15, -0.1) is 6.58 Å². The third-order valence-corrected chi connectivity index (χ3v) is 2.74. The quantitative estimate of drug-likeness (QED) is 0.760. The van der Waals surface area contributed by atoms with Crippen LogP contribution in [0.2, 0.25) is 0 Å². The topological polar surface area (TPSA) is 12.0 Å². The first-order chi connectivity index (χ1) is 8.29. The summed E-state index contributed by atoms with van der Waals surface area (Å²) in [5, 5.41) is 3.35. The summed E-state index contributed by atoms with van der Waals surface area (Å²) in [6.45, 7) is 5.84. The Bertz CT molecular complexity index is 471. The summed E-state index contributed by atoms with van der Waals surface area (Å²) in [6.07, 6.45) is 1.89. The second-order valence-corrected chi connectivity index (χ2v) is 4.11. The van der Waals surface area contributed by atoms with Crippen molar-refractivity contribution in [1.29, 1.82) is 0 Å². The number of benzene rings is 2. The number of hydrogen-bond acceptors (Lipinski definition) is 1. The summed E-state index contributed by atoms with van der Waals surface area (Å²) in [5.74, 6) is 0. The number of anilines is 1. The van der Waals surface area contributed by atoms with Crippen LogP contribution in [0.3, 0.4) is 0 Å². The third-order valence-electron chi connectivity index (χ3n) is 2.74. The fraction of sp³-hybridized carbons (Fsp3) is 0.125. The molecule has 0 aliphatic carbocycles. The van der Waals surface area contributed by atoms with Gasteiger partial charge in [0.15, 0.2) is 0 Å². The molecule has 0 saturated carbocycles. The highest BCUT2D eigenvalue weighted by atomic mass is 14.9. The summed E-state index contributed by atoms with van der Waals surface area (Å²) < 4.78 is 0. The molecule has 1 unspecified atom stereocenters. The molecule has 0 heterocycles. The molecule has 1 heteroatoms. The molecule has 0 fully saturated rings. The van der Waals surface area contributed by atoms with Gasteiger partial charge in [-0.2, -0.15) is 0 Å². The number of nitrogens with one attached hydrogen (secondary N) is 1. The maximum atomic E-state index is 3.76. The van der Waals surface area contributed by atoms with Gasteiger partial charge in [0.1, 0.15) is 0 Å². The Morgan fingerprint density at radius 1 is 0.941 bits per heavy atom. The van der Waals surface area contributed by atoms with Crippen molar-refractivity contribution < 1.29 is 0 Å². The molecule has 1 N–H and O–H groups in total. The lowest BCUT2D eigenvalue weighted by atomic mass is 10.1. The van der Waals surface area contributed by atoms with Gasteiger partial charge in [-0.05, 0) is 30.2 Å². The number of rotatable bonds is 4. The van der Waals surface area contributed by atoms with Gasteiger partial charge in [0.05, 0.1) is 0 Å². The molecular weight excluding hydrogens is 206 g/mol. The van der Waals surface area contributed by atoms with Crippen LogP contribution in [-0.4, -0.2) is 6.04 Å². The van der Waals surface area contributed by atoms with Crippen LogP contribution in [-0.2, 0) is 0 Å². The first-order valence-electron chi connectivity index (χ1n) is 5.84. The van der Waals surface area contributed by atoms with E-state index in [1.807, 2.05) is 12.1 Å². The lowest BCUT2D eigenvalue weighted by molar-refractivity contribution is 1.00. The zero-order valence-electron chi connectivity index (χ0n) is 10.1. The van der Waals surface area contributed by atoms with Gasteiger partial charge in [0.25, 0.3) is 0 Å². The van der Waals surface area contributed by atoms with Gasteiger partial charge >= 0.3 is 0 Å². The van der Waals surface area contributed by atoms with E-state index in [0.717, 1.165) is 5.69 Å². The average Bonchev–Trinajstić information content (AvgIpc) is 2.40. The molecule has 2 aromatic rings. The van der Waals surface area contributed by atoms with E-state index < -0.39 is 0 Å². The predicted molar refractivity (Wildman–Crippen MR) is 75.2 cm³/mol. The van der Waals surface area contributed by atoms with Crippen molar-refractivity contribution in [2.24, 2.45) is 0 Å². The second kappa shape index (κ2) is 5.35. The summed E-state index contributed by atoms with van der Waals surface area (Å²) in [5.41, 5.74) is 3.61. The van der Waals surface area contributed by atoms with Gasteiger partial charge in [-0.3, -0.25) is 0 Å². The van der Waals surface area contributed by atoms with Crippen molar-refractivity contribution in [2.45, 2.75) is 13.0 Å². The third kappa shape index (κ3) is 2.97. The highest BCUT2D eigenvalue weighted by Gasteiger charge is 1.98. The minimum atomic E-state index is 0.289. The Morgan fingerprint density at radius 2 is 1.53 bits per heavy atom. The van der Waals surface area contributed by atoms with Gasteiger partial charge in [-0.1, -0.05) is 48.5 Å². The molecule has 0 aliphatic rings. The smallest absolute Gasteiger partial charge is 0.0413 e. The van der Waals surface area contributed by atoms with Gasteiger partial charge in [0, 0.05) is 11.7 Å². The van der Waals surface area contributed by atoms with E-state index in [2.05, 4.69) is 67.4 Å². The van der Waals surface area contributed by atoms with E-state index in [9.17, 15) is 0 Å². The van der Waals surface area contributed by atoms with Crippen molar-refractivity contribution in [3.8, 4) is 11.1 Å². The van der Waals surface area contributed by atoms with Crippen LogP contribution in [0, 0.1) is 0 Å². The highest BCUT2D eigenvalue weighted by Crippen LogP contribution is 2.21. The van der Waals surface area contributed by atoms with Crippen molar-refractivity contribution in [2.75, 3.05) is 5.32 Å². The van der Waals surface area contributed by atoms with Crippen molar-refractivity contribution in [3.63, 3.8) is 0 Å². The standard InChI is InChI=1S/C16H17N/c1-3-13(2)17-16-11-9-15(10-12-16)14-7-5-4-6-8-14/h3-13,17H,1H2,2H3. The number of hydrogen-bond donors (Lipinski definition) is 1. The average molecular weight is 223 g/mol. The fourth-order valence-electron chi connectivity index (χ4n) is 1.71. The molecule has 0 amide bonds. The molecule has 1 nitrogen and oxygen atoms in total. The zero-order chi connectivity index (χ0) is 12.1. The largest absolute Gasteiger partial charge is 0.379 e. The molecule has 2 aromatic carbocycles. The normalized spacial score (nSPS) is 11.8. The van der Waals surface area contributed by atoms with Crippen LogP contribution in [0.5, 0.6) is 0 Å². The van der Waals surface area contributed by atoms with Crippen molar-refractivity contribution in [1.82, 2.24) is 0 Å². The fourth-order valence-corrected chi connectivity index (χ4v) is 1.71. The van der Waals surface area contributed by atoms with Gasteiger partial charge < -0.3 is 5.32 Å². The maximum Gasteiger partial charge on any atom is 0.0413 e. The highest BCUT2D eigenvalue weighted by molar-refractivity contribution is 5.65. The van der Waals surface area contributed by atoms with Crippen LogP contribution < -0.4 is 5.32 Å². The van der Waals surface area contributed by atoms with Gasteiger partial charge in [-0.25, -0.2) is 0 Å². The molecule has 1 atom stereocenters. The first kappa shape index (κ1) is 11.5. The minimum absolute atomic E-state index is 0.289. The predicted octanol–water partition coefficient (Wildman–Crippen LogP) is 4.34. The lowest BCUT2D eigenvalue weighted by Gasteiger charge is -2.11. The van der Waals surface area contributed by atoms with E-state index >= 15 is 0 Å². The van der Waals surface area contributed by atoms with E-state index in [1.165, 1.54) is 11.1 Å². The molecule has 17 heavy (non-hydrogen) atoms.